The summed E-state index contributed by atoms with van der Waals surface area (Å²) in [5.41, 5.74) is 4.18. The Morgan fingerprint density at radius 3 is 2.52 bits per heavy atom. The van der Waals surface area contributed by atoms with Crippen LogP contribution in [0.15, 0.2) is 47.6 Å². The van der Waals surface area contributed by atoms with Gasteiger partial charge in [-0.15, -0.1) is 0 Å². The molecule has 6 nitrogen and oxygen atoms in total. The Balaban J connectivity index is 1.86. The molecule has 0 fully saturated rings. The van der Waals surface area contributed by atoms with Gasteiger partial charge in [-0.2, -0.15) is 5.10 Å². The molecule has 3 heterocycles. The van der Waals surface area contributed by atoms with Crippen LogP contribution in [0.4, 0.5) is 15.9 Å². The minimum Gasteiger partial charge on any atom is -0.337 e. The molecule has 2 aromatic carbocycles. The van der Waals surface area contributed by atoms with E-state index < -0.39 is 5.54 Å². The number of carbonyl (C=O) groups excluding carboxylic acids is 1. The normalized spacial score (nSPS) is 19.5. The Morgan fingerprint density at radius 1 is 1.13 bits per heavy atom. The van der Waals surface area contributed by atoms with Crippen LogP contribution in [0.5, 0.6) is 0 Å². The van der Waals surface area contributed by atoms with E-state index in [-0.39, 0.29) is 17.8 Å². The summed E-state index contributed by atoms with van der Waals surface area (Å²) in [5.74, 6) is 0.784. The number of anilines is 1. The average Bonchev–Trinajstić information content (AvgIpc) is 3.25. The van der Waals surface area contributed by atoms with E-state index >= 15 is 0 Å². The Bertz CT molecular complexity index is 1260. The van der Waals surface area contributed by atoms with Gasteiger partial charge in [-0.3, -0.25) is 4.79 Å². The zero-order valence-corrected chi connectivity index (χ0v) is 18.2. The molecule has 0 radical (unpaired) electrons. The molecule has 1 spiro atoms. The van der Waals surface area contributed by atoms with Crippen LogP contribution in [0.1, 0.15) is 47.7 Å². The maximum Gasteiger partial charge on any atom is 0.260 e. The highest BCUT2D eigenvalue weighted by Gasteiger charge is 2.57. The fraction of sp³-hybridized carbons (Fsp3) is 0.292. The Hall–Kier alpha value is -3.48. The van der Waals surface area contributed by atoms with Crippen molar-refractivity contribution in [1.82, 2.24) is 14.7 Å². The van der Waals surface area contributed by atoms with Crippen molar-refractivity contribution >= 4 is 23.2 Å². The number of rotatable bonds is 2. The third kappa shape index (κ3) is 2.52. The van der Waals surface area contributed by atoms with E-state index in [4.69, 9.17) is 4.99 Å². The number of aryl methyl sites for hydroxylation is 2. The highest BCUT2D eigenvalue weighted by molar-refractivity contribution is 6.15. The van der Waals surface area contributed by atoms with Gasteiger partial charge < -0.3 is 10.2 Å². The molecular weight excluding hydrogens is 393 g/mol. The summed E-state index contributed by atoms with van der Waals surface area (Å²) in [7, 11) is 1.87. The second-order valence-corrected chi connectivity index (χ2v) is 8.59. The van der Waals surface area contributed by atoms with Gasteiger partial charge in [-0.05, 0) is 69.2 Å². The van der Waals surface area contributed by atoms with Crippen molar-refractivity contribution in [2.45, 2.75) is 39.3 Å². The summed E-state index contributed by atoms with van der Waals surface area (Å²) in [6.45, 7) is 8.10. The number of nitrogens with zero attached hydrogens (tertiary/aromatic N) is 4. The van der Waals surface area contributed by atoms with Gasteiger partial charge in [0.15, 0.2) is 11.4 Å². The summed E-state index contributed by atoms with van der Waals surface area (Å²) in [6.07, 6.45) is 1.75. The zero-order valence-electron chi connectivity index (χ0n) is 18.2. The van der Waals surface area contributed by atoms with Gasteiger partial charge in [0.2, 0.25) is 0 Å². The van der Waals surface area contributed by atoms with Crippen molar-refractivity contribution in [1.29, 1.82) is 0 Å². The molecule has 1 amide bonds. The summed E-state index contributed by atoms with van der Waals surface area (Å²) < 4.78 is 15.5. The van der Waals surface area contributed by atoms with Crippen LogP contribution in [0.2, 0.25) is 0 Å². The summed E-state index contributed by atoms with van der Waals surface area (Å²) in [6, 6.07) is 10.3. The Labute approximate surface area is 180 Å². The summed E-state index contributed by atoms with van der Waals surface area (Å²) >= 11 is 0. The number of benzene rings is 2. The monoisotopic (exact) mass is 417 g/mol. The van der Waals surface area contributed by atoms with Crippen molar-refractivity contribution < 1.29 is 9.18 Å². The number of nitrogens with one attached hydrogen (secondary N) is 1. The standard InChI is InChI=1S/C24H24FN5O/c1-13(2)30-22-18(12-26-30)24(20-15(4)10-14(3)11-19(20)27-23(24)31)29(5)21(28-22)16-6-8-17(25)9-7-16/h6-13H,1-5H3,(H,27,31). The van der Waals surface area contributed by atoms with Crippen LogP contribution < -0.4 is 5.32 Å². The minimum absolute atomic E-state index is 0.0606. The smallest absolute Gasteiger partial charge is 0.260 e. The number of carbonyl (C=O) groups is 1. The number of hydrogen-bond acceptors (Lipinski definition) is 4. The second-order valence-electron chi connectivity index (χ2n) is 8.59. The van der Waals surface area contributed by atoms with E-state index in [0.29, 0.717) is 11.7 Å². The Kier molecular flexibility index (Phi) is 4.09. The van der Waals surface area contributed by atoms with E-state index in [2.05, 4.69) is 16.5 Å². The van der Waals surface area contributed by atoms with Gasteiger partial charge in [0.05, 0.1) is 11.8 Å². The molecule has 2 aliphatic rings. The van der Waals surface area contributed by atoms with E-state index in [1.54, 1.807) is 18.3 Å². The predicted octanol–water partition coefficient (Wildman–Crippen LogP) is 4.44. The number of amides is 1. The lowest BCUT2D eigenvalue weighted by Gasteiger charge is -2.42. The number of fused-ring (bicyclic) bond motifs is 4. The molecule has 0 saturated heterocycles. The molecule has 1 atom stereocenters. The van der Waals surface area contributed by atoms with Gasteiger partial charge in [-0.25, -0.2) is 14.1 Å². The fourth-order valence-corrected chi connectivity index (χ4v) is 4.92. The third-order valence-electron chi connectivity index (χ3n) is 6.20. The molecular formula is C24H24FN5O. The predicted molar refractivity (Wildman–Crippen MR) is 118 cm³/mol. The van der Waals surface area contributed by atoms with E-state index in [1.165, 1.54) is 12.1 Å². The topological polar surface area (TPSA) is 62.5 Å². The second kappa shape index (κ2) is 6.51. The minimum atomic E-state index is -1.11. The molecule has 1 N–H and O–H groups in total. The first-order valence-electron chi connectivity index (χ1n) is 10.3. The molecule has 0 bridgehead atoms. The maximum atomic E-state index is 13.8. The number of likely N-dealkylation sites (N-methyl/N-ethyl adjacent to an activating group) is 1. The quantitative estimate of drug-likeness (QED) is 0.671. The first-order chi connectivity index (χ1) is 14.7. The first kappa shape index (κ1) is 19.5. The van der Waals surface area contributed by atoms with Gasteiger partial charge >= 0.3 is 0 Å². The molecule has 158 valence electrons. The number of hydrogen-bond donors (Lipinski definition) is 1. The van der Waals surface area contributed by atoms with Gasteiger partial charge in [-0.1, -0.05) is 6.07 Å². The molecule has 1 aromatic heterocycles. The molecule has 3 aromatic rings. The number of halogens is 1. The molecule has 1 unspecified atom stereocenters. The lowest BCUT2D eigenvalue weighted by molar-refractivity contribution is -0.122. The molecule has 0 saturated carbocycles. The van der Waals surface area contributed by atoms with Crippen LogP contribution in [0.3, 0.4) is 0 Å². The average molecular weight is 417 g/mol. The maximum absolute atomic E-state index is 13.8. The first-order valence-corrected chi connectivity index (χ1v) is 10.3. The lowest BCUT2D eigenvalue weighted by atomic mass is 9.79. The van der Waals surface area contributed by atoms with Crippen LogP contribution in [-0.2, 0) is 10.3 Å². The van der Waals surface area contributed by atoms with E-state index in [9.17, 15) is 9.18 Å². The SMILES string of the molecule is Cc1cc(C)c2c(c1)NC(=O)C21c2cnn(C(C)C)c2N=C(c2ccc(F)cc2)N1C. The number of amidine groups is 1. The van der Waals surface area contributed by atoms with Crippen LogP contribution in [0.25, 0.3) is 0 Å². The number of aromatic nitrogens is 2. The van der Waals surface area contributed by atoms with E-state index in [1.807, 2.05) is 50.4 Å². The molecule has 0 aliphatic carbocycles. The van der Waals surface area contributed by atoms with Gasteiger partial charge in [0, 0.05) is 29.9 Å². The van der Waals surface area contributed by atoms with Gasteiger partial charge in [0.1, 0.15) is 11.7 Å². The van der Waals surface area contributed by atoms with Crippen molar-refractivity contribution in [3.05, 3.63) is 76.2 Å². The van der Waals surface area contributed by atoms with Crippen molar-refractivity contribution in [2.75, 3.05) is 12.4 Å². The third-order valence-corrected chi connectivity index (χ3v) is 6.20. The highest BCUT2D eigenvalue weighted by atomic mass is 19.1. The van der Waals surface area contributed by atoms with E-state index in [0.717, 1.165) is 33.5 Å². The van der Waals surface area contributed by atoms with Crippen molar-refractivity contribution in [3.63, 3.8) is 0 Å². The zero-order chi connectivity index (χ0) is 22.1. The molecule has 5 rings (SSSR count). The molecule has 2 aliphatic heterocycles. The Morgan fingerprint density at radius 2 is 1.84 bits per heavy atom. The lowest BCUT2D eigenvalue weighted by Crippen LogP contribution is -2.54. The van der Waals surface area contributed by atoms with Gasteiger partial charge in [0.25, 0.3) is 5.91 Å². The van der Waals surface area contributed by atoms with Crippen molar-refractivity contribution in [2.24, 2.45) is 4.99 Å². The summed E-state index contributed by atoms with van der Waals surface area (Å²) in [5, 5.41) is 7.69. The van der Waals surface area contributed by atoms with Crippen LogP contribution in [-0.4, -0.2) is 33.5 Å². The fourth-order valence-electron chi connectivity index (χ4n) is 4.92. The highest BCUT2D eigenvalue weighted by Crippen LogP contribution is 2.52. The molecule has 7 heteroatoms. The van der Waals surface area contributed by atoms with Crippen LogP contribution in [0, 0.1) is 19.7 Å². The molecule has 31 heavy (non-hydrogen) atoms. The largest absolute Gasteiger partial charge is 0.337 e. The number of aliphatic imine (C=N–C) groups is 1. The van der Waals surface area contributed by atoms with Crippen molar-refractivity contribution in [3.8, 4) is 0 Å². The van der Waals surface area contributed by atoms with Crippen LogP contribution >= 0.6 is 0 Å². The summed E-state index contributed by atoms with van der Waals surface area (Å²) in [4.78, 5) is 20.6.